The fraction of sp³-hybridized carbons (Fsp3) is 0.278. The van der Waals surface area contributed by atoms with Gasteiger partial charge in [0.05, 0.1) is 18.6 Å². The second kappa shape index (κ2) is 9.08. The Kier molecular flexibility index (Phi) is 6.82. The highest BCUT2D eigenvalue weighted by Crippen LogP contribution is 2.29. The van der Waals surface area contributed by atoms with Crippen molar-refractivity contribution in [1.82, 2.24) is 4.98 Å². The number of aromatic nitrogens is 1. The molecule has 0 N–H and O–H groups in total. The van der Waals surface area contributed by atoms with E-state index < -0.39 is 11.9 Å². The van der Waals surface area contributed by atoms with Gasteiger partial charge in [-0.2, -0.15) is 0 Å². The molecule has 5 nitrogen and oxygen atoms in total. The Morgan fingerprint density at radius 1 is 1.28 bits per heavy atom. The maximum absolute atomic E-state index is 13.1. The number of thiazole rings is 1. The van der Waals surface area contributed by atoms with E-state index in [1.807, 2.05) is 6.92 Å². The molecule has 0 saturated heterocycles. The van der Waals surface area contributed by atoms with E-state index in [0.717, 1.165) is 12.8 Å². The smallest absolute Gasteiger partial charge is 0.358 e. The van der Waals surface area contributed by atoms with Gasteiger partial charge in [-0.1, -0.05) is 13.3 Å². The molecule has 0 atom stereocenters. The summed E-state index contributed by atoms with van der Waals surface area (Å²) < 4.78 is 22.8. The number of ether oxygens (including phenoxy) is 2. The van der Waals surface area contributed by atoms with Crippen molar-refractivity contribution in [3.05, 3.63) is 46.7 Å². The van der Waals surface area contributed by atoms with E-state index in [2.05, 4.69) is 4.98 Å². The molecule has 0 aliphatic heterocycles. The Morgan fingerprint density at radius 2 is 2.00 bits per heavy atom. The van der Waals surface area contributed by atoms with Crippen LogP contribution in [0.5, 0.6) is 0 Å². The second-order valence-electron chi connectivity index (χ2n) is 5.08. The molecular weight excluding hydrogens is 345 g/mol. The molecular formula is C18H18FNO4S. The molecule has 25 heavy (non-hydrogen) atoms. The normalized spacial score (nSPS) is 10.8. The molecule has 0 aliphatic rings. The third kappa shape index (κ3) is 5.22. The van der Waals surface area contributed by atoms with Gasteiger partial charge in [0.1, 0.15) is 10.8 Å². The monoisotopic (exact) mass is 363 g/mol. The first-order chi connectivity index (χ1) is 12.0. The van der Waals surface area contributed by atoms with Crippen LogP contribution in [0.15, 0.2) is 30.3 Å². The maximum atomic E-state index is 13.1. The first-order valence-corrected chi connectivity index (χ1v) is 8.56. The molecule has 132 valence electrons. The lowest BCUT2D eigenvalue weighted by atomic mass is 10.2. The first kappa shape index (κ1) is 18.8. The summed E-state index contributed by atoms with van der Waals surface area (Å²) in [6, 6.07) is 5.77. The first-order valence-electron chi connectivity index (χ1n) is 7.75. The Hall–Kier alpha value is -2.54. The van der Waals surface area contributed by atoms with Crippen LogP contribution < -0.4 is 0 Å². The fourth-order valence-electron chi connectivity index (χ4n) is 1.91. The molecule has 7 heteroatoms. The maximum Gasteiger partial charge on any atom is 0.358 e. The number of hydrogen-bond donors (Lipinski definition) is 0. The topological polar surface area (TPSA) is 65.5 Å². The molecule has 0 amide bonds. The van der Waals surface area contributed by atoms with E-state index >= 15 is 0 Å². The number of hydrogen-bond acceptors (Lipinski definition) is 6. The summed E-state index contributed by atoms with van der Waals surface area (Å²) in [6.07, 6.45) is 4.46. The average molecular weight is 363 g/mol. The predicted molar refractivity (Wildman–Crippen MR) is 93.7 cm³/mol. The van der Waals surface area contributed by atoms with Crippen LogP contribution in [0.4, 0.5) is 4.39 Å². The minimum absolute atomic E-state index is 0.101. The molecule has 0 spiro atoms. The van der Waals surface area contributed by atoms with Gasteiger partial charge in [0.2, 0.25) is 0 Å². The Morgan fingerprint density at radius 3 is 2.64 bits per heavy atom. The third-order valence-electron chi connectivity index (χ3n) is 3.24. The number of unbranched alkanes of at least 4 members (excludes halogenated alkanes) is 1. The highest BCUT2D eigenvalue weighted by molar-refractivity contribution is 7.16. The van der Waals surface area contributed by atoms with Crippen molar-refractivity contribution in [3.8, 4) is 10.6 Å². The standard InChI is InChI=1S/C18H18FNO4S/c1-3-4-11-24-15(21)10-9-14-16(18(22)23-2)20-17(25-14)12-5-7-13(19)8-6-12/h5-10H,3-4,11H2,1-2H3/b10-9+. The molecule has 0 fully saturated rings. The summed E-state index contributed by atoms with van der Waals surface area (Å²) in [7, 11) is 1.26. The molecule has 1 aromatic heterocycles. The van der Waals surface area contributed by atoms with Crippen LogP contribution in [0, 0.1) is 5.82 Å². The van der Waals surface area contributed by atoms with Crippen molar-refractivity contribution in [2.24, 2.45) is 0 Å². The largest absolute Gasteiger partial charge is 0.464 e. The lowest BCUT2D eigenvalue weighted by Crippen LogP contribution is -2.04. The van der Waals surface area contributed by atoms with Crippen LogP contribution in [-0.2, 0) is 14.3 Å². The van der Waals surface area contributed by atoms with Crippen molar-refractivity contribution in [2.75, 3.05) is 13.7 Å². The summed E-state index contributed by atoms with van der Waals surface area (Å²) in [5.41, 5.74) is 0.770. The van der Waals surface area contributed by atoms with Gasteiger partial charge in [-0.25, -0.2) is 19.0 Å². The quantitative estimate of drug-likeness (QED) is 0.421. The van der Waals surface area contributed by atoms with Crippen LogP contribution >= 0.6 is 11.3 Å². The summed E-state index contributed by atoms with van der Waals surface area (Å²) in [5.74, 6) is -1.45. The zero-order valence-electron chi connectivity index (χ0n) is 14.0. The lowest BCUT2D eigenvalue weighted by molar-refractivity contribution is -0.137. The zero-order valence-corrected chi connectivity index (χ0v) is 14.8. The number of methoxy groups -OCH3 is 1. The molecule has 1 aromatic carbocycles. The number of halogens is 1. The number of benzene rings is 1. The van der Waals surface area contributed by atoms with Gasteiger partial charge >= 0.3 is 11.9 Å². The lowest BCUT2D eigenvalue weighted by Gasteiger charge is -1.99. The van der Waals surface area contributed by atoms with Crippen LogP contribution in [0.3, 0.4) is 0 Å². The van der Waals surface area contributed by atoms with Crippen molar-refractivity contribution in [3.63, 3.8) is 0 Å². The van der Waals surface area contributed by atoms with E-state index in [0.29, 0.717) is 22.1 Å². The van der Waals surface area contributed by atoms with Gasteiger partial charge < -0.3 is 9.47 Å². The van der Waals surface area contributed by atoms with Gasteiger partial charge in [-0.05, 0) is 36.8 Å². The van der Waals surface area contributed by atoms with Crippen molar-refractivity contribution < 1.29 is 23.5 Å². The molecule has 0 bridgehead atoms. The molecule has 1 heterocycles. The number of carbonyl (C=O) groups excluding carboxylic acids is 2. The molecule has 0 saturated carbocycles. The Labute approximate surface area is 149 Å². The van der Waals surface area contributed by atoms with Crippen molar-refractivity contribution >= 4 is 29.4 Å². The summed E-state index contributed by atoms with van der Waals surface area (Å²) >= 11 is 1.20. The summed E-state index contributed by atoms with van der Waals surface area (Å²) in [5, 5.41) is 0.527. The fourth-order valence-corrected chi connectivity index (χ4v) is 2.87. The second-order valence-corrected chi connectivity index (χ2v) is 6.12. The van der Waals surface area contributed by atoms with Gasteiger partial charge in [-0.3, -0.25) is 0 Å². The average Bonchev–Trinajstić information content (AvgIpc) is 3.04. The van der Waals surface area contributed by atoms with Gasteiger partial charge in [-0.15, -0.1) is 11.3 Å². The summed E-state index contributed by atoms with van der Waals surface area (Å²) in [4.78, 5) is 28.3. The van der Waals surface area contributed by atoms with Crippen LogP contribution in [0.2, 0.25) is 0 Å². The van der Waals surface area contributed by atoms with Crippen LogP contribution in [0.25, 0.3) is 16.6 Å². The summed E-state index contributed by atoms with van der Waals surface area (Å²) in [6.45, 7) is 2.35. The Balaban J connectivity index is 2.25. The van der Waals surface area contributed by atoms with Crippen LogP contribution in [0.1, 0.15) is 35.1 Å². The number of nitrogens with zero attached hydrogens (tertiary/aromatic N) is 1. The third-order valence-corrected chi connectivity index (χ3v) is 4.31. The van der Waals surface area contributed by atoms with Crippen molar-refractivity contribution in [2.45, 2.75) is 19.8 Å². The molecule has 0 aliphatic carbocycles. The van der Waals surface area contributed by atoms with Gasteiger partial charge in [0.15, 0.2) is 5.69 Å². The minimum Gasteiger partial charge on any atom is -0.464 e. The van der Waals surface area contributed by atoms with Gasteiger partial charge in [0.25, 0.3) is 0 Å². The number of carbonyl (C=O) groups is 2. The minimum atomic E-state index is -0.608. The molecule has 0 unspecified atom stereocenters. The highest BCUT2D eigenvalue weighted by Gasteiger charge is 2.18. The van der Waals surface area contributed by atoms with Crippen molar-refractivity contribution in [1.29, 1.82) is 0 Å². The van der Waals surface area contributed by atoms with E-state index in [1.165, 1.54) is 42.7 Å². The number of rotatable bonds is 7. The molecule has 2 rings (SSSR count). The van der Waals surface area contributed by atoms with Crippen LogP contribution in [-0.4, -0.2) is 30.6 Å². The predicted octanol–water partition coefficient (Wildman–Crippen LogP) is 4.09. The van der Waals surface area contributed by atoms with E-state index in [-0.39, 0.29) is 11.5 Å². The van der Waals surface area contributed by atoms with Gasteiger partial charge in [0, 0.05) is 11.6 Å². The van der Waals surface area contributed by atoms with E-state index in [1.54, 1.807) is 12.1 Å². The Bertz CT molecular complexity index is 768. The molecule has 2 aromatic rings. The zero-order chi connectivity index (χ0) is 18.2. The highest BCUT2D eigenvalue weighted by atomic mass is 32.1. The van der Waals surface area contributed by atoms with E-state index in [9.17, 15) is 14.0 Å². The number of esters is 2. The van der Waals surface area contributed by atoms with E-state index in [4.69, 9.17) is 9.47 Å². The SMILES string of the molecule is CCCCOC(=O)/C=C/c1sc(-c2ccc(F)cc2)nc1C(=O)OC. The molecule has 0 radical (unpaired) electrons.